The van der Waals surface area contributed by atoms with Crippen LogP contribution in [-0.4, -0.2) is 32.4 Å². The van der Waals surface area contributed by atoms with Crippen molar-refractivity contribution in [2.24, 2.45) is 23.7 Å². The molecule has 0 saturated carbocycles. The van der Waals surface area contributed by atoms with Gasteiger partial charge in [-0.15, -0.1) is 0 Å². The fourth-order valence-corrected chi connectivity index (χ4v) is 3.94. The van der Waals surface area contributed by atoms with E-state index in [9.17, 15) is 9.18 Å². The summed E-state index contributed by atoms with van der Waals surface area (Å²) >= 11 is 0. The van der Waals surface area contributed by atoms with E-state index in [2.05, 4.69) is 27.7 Å². The standard InChI is InChI=1S/C24H37FO4/c1-16(2)19(8-9-20-15-21(17(3)4)24(26)29-20)13-18-7-10-22(25)23(14-18)28-12-6-11-27-5/h7,10,14,16-17,19-21H,6,8-9,11-13,15H2,1-5H3/t19?,20-,21+/m1/s1. The number of hydrogen-bond donors (Lipinski definition) is 0. The molecule has 2 rings (SSSR count). The summed E-state index contributed by atoms with van der Waals surface area (Å²) in [5, 5.41) is 0. The summed E-state index contributed by atoms with van der Waals surface area (Å²) in [4.78, 5) is 12.0. The molecule has 0 aromatic heterocycles. The molecule has 164 valence electrons. The van der Waals surface area contributed by atoms with Crippen molar-refractivity contribution >= 4 is 5.97 Å². The molecule has 1 unspecified atom stereocenters. The van der Waals surface area contributed by atoms with E-state index in [1.807, 2.05) is 12.1 Å². The largest absolute Gasteiger partial charge is 0.490 e. The first kappa shape index (κ1) is 23.7. The maximum Gasteiger partial charge on any atom is 0.309 e. The highest BCUT2D eigenvalue weighted by Crippen LogP contribution is 2.32. The second-order valence-corrected chi connectivity index (χ2v) is 8.89. The first-order chi connectivity index (χ1) is 13.8. The molecule has 1 fully saturated rings. The van der Waals surface area contributed by atoms with E-state index in [4.69, 9.17) is 14.2 Å². The topological polar surface area (TPSA) is 44.8 Å². The summed E-state index contributed by atoms with van der Waals surface area (Å²) in [7, 11) is 1.64. The van der Waals surface area contributed by atoms with Crippen molar-refractivity contribution in [2.45, 2.75) is 65.9 Å². The van der Waals surface area contributed by atoms with Crippen molar-refractivity contribution in [1.82, 2.24) is 0 Å². The third-order valence-electron chi connectivity index (χ3n) is 5.95. The van der Waals surface area contributed by atoms with Gasteiger partial charge < -0.3 is 14.2 Å². The molecule has 1 saturated heterocycles. The molecule has 3 atom stereocenters. The number of hydrogen-bond acceptors (Lipinski definition) is 4. The second-order valence-electron chi connectivity index (χ2n) is 8.89. The van der Waals surface area contributed by atoms with Crippen LogP contribution in [0.4, 0.5) is 4.39 Å². The number of benzene rings is 1. The monoisotopic (exact) mass is 408 g/mol. The van der Waals surface area contributed by atoms with Crippen LogP contribution in [0.3, 0.4) is 0 Å². The van der Waals surface area contributed by atoms with Crippen molar-refractivity contribution in [3.8, 4) is 5.75 Å². The van der Waals surface area contributed by atoms with E-state index in [1.54, 1.807) is 7.11 Å². The predicted molar refractivity (Wildman–Crippen MR) is 112 cm³/mol. The second kappa shape index (κ2) is 11.5. The van der Waals surface area contributed by atoms with Crippen LogP contribution in [0, 0.1) is 29.5 Å². The average molecular weight is 409 g/mol. The highest BCUT2D eigenvalue weighted by molar-refractivity contribution is 5.74. The molecule has 1 aliphatic rings. The van der Waals surface area contributed by atoms with Gasteiger partial charge in [-0.05, 0) is 61.1 Å². The summed E-state index contributed by atoms with van der Waals surface area (Å²) in [6.45, 7) is 9.62. The summed E-state index contributed by atoms with van der Waals surface area (Å²) in [5.74, 6) is 1.24. The molecular formula is C24H37FO4. The minimum absolute atomic E-state index is 0.0315. The number of carbonyl (C=O) groups excluding carboxylic acids is 1. The minimum Gasteiger partial charge on any atom is -0.490 e. The lowest BCUT2D eigenvalue weighted by Crippen LogP contribution is -2.16. The molecule has 1 aromatic rings. The van der Waals surface area contributed by atoms with Crippen LogP contribution in [0.5, 0.6) is 5.75 Å². The third kappa shape index (κ3) is 7.29. The van der Waals surface area contributed by atoms with Crippen LogP contribution in [0.15, 0.2) is 18.2 Å². The van der Waals surface area contributed by atoms with Gasteiger partial charge in [-0.2, -0.15) is 0 Å². The number of carbonyl (C=O) groups is 1. The van der Waals surface area contributed by atoms with Crippen molar-refractivity contribution < 1.29 is 23.4 Å². The Bertz CT molecular complexity index is 644. The maximum absolute atomic E-state index is 14.1. The zero-order chi connectivity index (χ0) is 21.4. The number of methoxy groups -OCH3 is 1. The highest BCUT2D eigenvalue weighted by Gasteiger charge is 2.36. The molecule has 1 aromatic carbocycles. The quantitative estimate of drug-likeness (QED) is 0.342. The molecule has 29 heavy (non-hydrogen) atoms. The Balaban J connectivity index is 1.92. The van der Waals surface area contributed by atoms with Gasteiger partial charge in [0, 0.05) is 20.1 Å². The molecule has 5 heteroatoms. The maximum atomic E-state index is 14.1. The van der Waals surface area contributed by atoms with E-state index in [-0.39, 0.29) is 23.8 Å². The zero-order valence-electron chi connectivity index (χ0n) is 18.6. The molecule has 0 bridgehead atoms. The summed E-state index contributed by atoms with van der Waals surface area (Å²) in [6.07, 6.45) is 4.33. The van der Waals surface area contributed by atoms with Crippen LogP contribution in [0.2, 0.25) is 0 Å². The fraction of sp³-hybridized carbons (Fsp3) is 0.708. The van der Waals surface area contributed by atoms with Crippen molar-refractivity contribution in [1.29, 1.82) is 0 Å². The third-order valence-corrected chi connectivity index (χ3v) is 5.95. The molecule has 0 N–H and O–H groups in total. The van der Waals surface area contributed by atoms with Gasteiger partial charge in [0.1, 0.15) is 6.10 Å². The fourth-order valence-electron chi connectivity index (χ4n) is 3.94. The van der Waals surface area contributed by atoms with E-state index >= 15 is 0 Å². The first-order valence-electron chi connectivity index (χ1n) is 10.9. The minimum atomic E-state index is -0.329. The van der Waals surface area contributed by atoms with Gasteiger partial charge in [0.25, 0.3) is 0 Å². The van der Waals surface area contributed by atoms with E-state index < -0.39 is 0 Å². The Morgan fingerprint density at radius 2 is 1.97 bits per heavy atom. The number of halogens is 1. The SMILES string of the molecule is COCCCOc1cc(CC(CC[C@@H]2C[C@@H](C(C)C)C(=O)O2)C(C)C)ccc1F. The lowest BCUT2D eigenvalue weighted by Gasteiger charge is -2.23. The Morgan fingerprint density at radius 3 is 2.59 bits per heavy atom. The smallest absolute Gasteiger partial charge is 0.309 e. The van der Waals surface area contributed by atoms with Crippen LogP contribution >= 0.6 is 0 Å². The van der Waals surface area contributed by atoms with Gasteiger partial charge in [-0.1, -0.05) is 33.8 Å². The number of rotatable bonds is 12. The molecule has 0 spiro atoms. The molecule has 0 aliphatic carbocycles. The molecule has 0 radical (unpaired) electrons. The summed E-state index contributed by atoms with van der Waals surface area (Å²) < 4.78 is 30.3. The van der Waals surface area contributed by atoms with Gasteiger partial charge in [-0.3, -0.25) is 4.79 Å². The van der Waals surface area contributed by atoms with E-state index in [1.165, 1.54) is 6.07 Å². The Kier molecular flexibility index (Phi) is 9.41. The summed E-state index contributed by atoms with van der Waals surface area (Å²) in [5.41, 5.74) is 1.08. The van der Waals surface area contributed by atoms with Crippen LogP contribution in [-0.2, 0) is 20.7 Å². The molecular weight excluding hydrogens is 371 g/mol. The Morgan fingerprint density at radius 1 is 1.21 bits per heavy atom. The lowest BCUT2D eigenvalue weighted by atomic mass is 9.84. The van der Waals surface area contributed by atoms with E-state index in [0.717, 1.165) is 37.7 Å². The van der Waals surface area contributed by atoms with Gasteiger partial charge >= 0.3 is 5.97 Å². The number of ether oxygens (including phenoxy) is 3. The predicted octanol–water partition coefficient (Wildman–Crippen LogP) is 5.42. The highest BCUT2D eigenvalue weighted by atomic mass is 19.1. The molecule has 4 nitrogen and oxygen atoms in total. The van der Waals surface area contributed by atoms with Crippen molar-refractivity contribution in [3.63, 3.8) is 0 Å². The van der Waals surface area contributed by atoms with E-state index in [0.29, 0.717) is 36.7 Å². The Labute approximate surface area is 175 Å². The van der Waals surface area contributed by atoms with Crippen LogP contribution in [0.25, 0.3) is 0 Å². The molecule has 1 aliphatic heterocycles. The van der Waals surface area contributed by atoms with Crippen molar-refractivity contribution in [2.75, 3.05) is 20.3 Å². The Hall–Kier alpha value is -1.62. The molecule has 1 heterocycles. The van der Waals surface area contributed by atoms with Gasteiger partial charge in [0.05, 0.1) is 12.5 Å². The number of cyclic esters (lactones) is 1. The normalized spacial score (nSPS) is 20.3. The average Bonchev–Trinajstić information content (AvgIpc) is 3.05. The van der Waals surface area contributed by atoms with Gasteiger partial charge in [0.15, 0.2) is 11.6 Å². The zero-order valence-corrected chi connectivity index (χ0v) is 18.6. The number of esters is 1. The van der Waals surface area contributed by atoms with Crippen LogP contribution in [0.1, 0.15) is 58.9 Å². The first-order valence-corrected chi connectivity index (χ1v) is 10.9. The van der Waals surface area contributed by atoms with Gasteiger partial charge in [-0.25, -0.2) is 4.39 Å². The lowest BCUT2D eigenvalue weighted by molar-refractivity contribution is -0.145. The van der Waals surface area contributed by atoms with Crippen LogP contribution < -0.4 is 4.74 Å². The van der Waals surface area contributed by atoms with Crippen molar-refractivity contribution in [3.05, 3.63) is 29.6 Å². The van der Waals surface area contributed by atoms with Gasteiger partial charge in [0.2, 0.25) is 0 Å². The molecule has 0 amide bonds. The summed E-state index contributed by atoms with van der Waals surface area (Å²) in [6, 6.07) is 5.16.